The molecule has 28 heavy (non-hydrogen) atoms. The summed E-state index contributed by atoms with van der Waals surface area (Å²) < 4.78 is 5.95. The predicted molar refractivity (Wildman–Crippen MR) is 114 cm³/mol. The minimum atomic E-state index is 0.584. The minimum Gasteiger partial charge on any atom is -0.376 e. The lowest BCUT2D eigenvalue weighted by atomic mass is 10.1. The van der Waals surface area contributed by atoms with Crippen LogP contribution in [0.25, 0.3) is 0 Å². The van der Waals surface area contributed by atoms with E-state index in [-0.39, 0.29) is 0 Å². The third-order valence-corrected chi connectivity index (χ3v) is 5.93. The Balaban J connectivity index is 1.18. The van der Waals surface area contributed by atoms with Crippen LogP contribution in [-0.2, 0) is 11.3 Å². The number of aliphatic imine (C=N–C) groups is 1. The molecule has 0 aromatic heterocycles. The average molecular weight is 378 g/mol. The Morgan fingerprint density at radius 1 is 1.11 bits per heavy atom. The Kier molecular flexibility index (Phi) is 6.27. The normalized spacial score (nSPS) is 24.4. The van der Waals surface area contributed by atoms with Gasteiger partial charge in [-0.2, -0.15) is 0 Å². The summed E-state index contributed by atoms with van der Waals surface area (Å²) in [5.41, 5.74) is 2.72. The molecule has 0 radical (unpaired) electrons. The van der Waals surface area contributed by atoms with Crippen LogP contribution in [0.2, 0.25) is 0 Å². The summed E-state index contributed by atoms with van der Waals surface area (Å²) in [7, 11) is 1.89. The van der Waals surface area contributed by atoms with Crippen LogP contribution in [0.3, 0.4) is 0 Å². The number of guanidine groups is 1. The zero-order valence-corrected chi connectivity index (χ0v) is 16.8. The lowest BCUT2D eigenvalue weighted by Crippen LogP contribution is -2.41. The highest BCUT2D eigenvalue weighted by molar-refractivity contribution is 5.80. The molecule has 0 amide bonds. The summed E-state index contributed by atoms with van der Waals surface area (Å²) >= 11 is 0. The second-order valence-electron chi connectivity index (χ2n) is 8.04. The molecule has 148 valence electrons. The quantitative estimate of drug-likeness (QED) is 0.587. The molecule has 2 aromatic carbocycles. The zero-order valence-electron chi connectivity index (χ0n) is 16.8. The van der Waals surface area contributed by atoms with Gasteiger partial charge in [0.2, 0.25) is 0 Å². The van der Waals surface area contributed by atoms with E-state index in [1.807, 2.05) is 13.1 Å². The van der Waals surface area contributed by atoms with Crippen molar-refractivity contribution in [1.29, 1.82) is 0 Å². The summed E-state index contributed by atoms with van der Waals surface area (Å²) in [6.07, 6.45) is 2.45. The maximum Gasteiger partial charge on any atom is 0.193 e. The van der Waals surface area contributed by atoms with Gasteiger partial charge in [-0.25, -0.2) is 0 Å². The standard InChI is InChI=1S/C24H31N3O/c1-25-24(26-15-22-14-23(22)21-10-6-3-7-11-21)27-13-12-20(16-27)18-28-17-19-8-4-2-5-9-19/h2-11,20,22-23H,12-18H2,1H3,(H,25,26). The molecule has 0 bridgehead atoms. The van der Waals surface area contributed by atoms with Crippen LogP contribution < -0.4 is 5.32 Å². The number of benzene rings is 2. The van der Waals surface area contributed by atoms with Gasteiger partial charge in [-0.05, 0) is 35.8 Å². The van der Waals surface area contributed by atoms with Crippen LogP contribution >= 0.6 is 0 Å². The van der Waals surface area contributed by atoms with Crippen molar-refractivity contribution in [2.24, 2.45) is 16.8 Å². The predicted octanol–water partition coefficient (Wildman–Crippen LogP) is 3.90. The molecule has 1 saturated heterocycles. The summed E-state index contributed by atoms with van der Waals surface area (Å²) in [5, 5.41) is 3.61. The molecule has 2 fully saturated rings. The molecular weight excluding hydrogens is 346 g/mol. The van der Waals surface area contributed by atoms with Gasteiger partial charge in [0.15, 0.2) is 5.96 Å². The van der Waals surface area contributed by atoms with Gasteiger partial charge < -0.3 is 15.0 Å². The Hall–Kier alpha value is -2.33. The van der Waals surface area contributed by atoms with Crippen LogP contribution in [0.15, 0.2) is 65.7 Å². The molecule has 4 rings (SSSR count). The topological polar surface area (TPSA) is 36.9 Å². The van der Waals surface area contributed by atoms with Crippen LogP contribution in [0.4, 0.5) is 0 Å². The van der Waals surface area contributed by atoms with E-state index in [1.165, 1.54) is 24.0 Å². The van der Waals surface area contributed by atoms with Gasteiger partial charge in [-0.15, -0.1) is 0 Å². The molecular formula is C24H31N3O. The molecule has 1 aliphatic heterocycles. The third-order valence-electron chi connectivity index (χ3n) is 5.93. The van der Waals surface area contributed by atoms with Gasteiger partial charge in [0.05, 0.1) is 13.2 Å². The van der Waals surface area contributed by atoms with E-state index in [9.17, 15) is 0 Å². The Labute approximate surface area is 168 Å². The minimum absolute atomic E-state index is 0.584. The Morgan fingerprint density at radius 2 is 1.86 bits per heavy atom. The SMILES string of the molecule is CN=C(NCC1CC1c1ccccc1)N1CCC(COCc2ccccc2)C1. The number of nitrogens with one attached hydrogen (secondary N) is 1. The lowest BCUT2D eigenvalue weighted by Gasteiger charge is -2.22. The van der Waals surface area contributed by atoms with E-state index in [1.54, 1.807) is 0 Å². The van der Waals surface area contributed by atoms with Crippen LogP contribution in [0.5, 0.6) is 0 Å². The van der Waals surface area contributed by atoms with Gasteiger partial charge in [0.1, 0.15) is 0 Å². The van der Waals surface area contributed by atoms with Crippen LogP contribution in [0.1, 0.15) is 29.9 Å². The molecule has 1 N–H and O–H groups in total. The number of hydrogen-bond donors (Lipinski definition) is 1. The van der Waals surface area contributed by atoms with Gasteiger partial charge in [0, 0.05) is 32.6 Å². The number of nitrogens with zero attached hydrogens (tertiary/aromatic N) is 2. The number of rotatable bonds is 7. The first-order valence-corrected chi connectivity index (χ1v) is 10.5. The molecule has 1 saturated carbocycles. The van der Waals surface area contributed by atoms with Crippen molar-refractivity contribution >= 4 is 5.96 Å². The van der Waals surface area contributed by atoms with Crippen molar-refractivity contribution in [3.05, 3.63) is 71.8 Å². The van der Waals surface area contributed by atoms with E-state index in [0.29, 0.717) is 18.4 Å². The highest BCUT2D eigenvalue weighted by Crippen LogP contribution is 2.46. The first kappa shape index (κ1) is 19.0. The maximum atomic E-state index is 5.95. The molecule has 1 aliphatic carbocycles. The second kappa shape index (κ2) is 9.24. The first-order valence-electron chi connectivity index (χ1n) is 10.5. The monoisotopic (exact) mass is 377 g/mol. The van der Waals surface area contributed by atoms with Gasteiger partial charge in [-0.1, -0.05) is 60.7 Å². The highest BCUT2D eigenvalue weighted by Gasteiger charge is 2.38. The molecule has 4 heteroatoms. The van der Waals surface area contributed by atoms with Crippen molar-refractivity contribution in [1.82, 2.24) is 10.2 Å². The highest BCUT2D eigenvalue weighted by atomic mass is 16.5. The molecule has 4 nitrogen and oxygen atoms in total. The lowest BCUT2D eigenvalue weighted by molar-refractivity contribution is 0.0906. The average Bonchev–Trinajstić information content (AvgIpc) is 3.38. The van der Waals surface area contributed by atoms with Gasteiger partial charge >= 0.3 is 0 Å². The van der Waals surface area contributed by atoms with Crippen LogP contribution in [0, 0.1) is 11.8 Å². The summed E-state index contributed by atoms with van der Waals surface area (Å²) in [4.78, 5) is 6.91. The number of ether oxygens (including phenoxy) is 1. The second-order valence-corrected chi connectivity index (χ2v) is 8.04. The van der Waals surface area contributed by atoms with Crippen molar-refractivity contribution in [3.63, 3.8) is 0 Å². The van der Waals surface area contributed by atoms with E-state index < -0.39 is 0 Å². The fraction of sp³-hybridized carbons (Fsp3) is 0.458. The van der Waals surface area contributed by atoms with Gasteiger partial charge in [0.25, 0.3) is 0 Å². The molecule has 2 aromatic rings. The van der Waals surface area contributed by atoms with E-state index in [0.717, 1.165) is 38.1 Å². The van der Waals surface area contributed by atoms with Gasteiger partial charge in [-0.3, -0.25) is 4.99 Å². The maximum absolute atomic E-state index is 5.95. The van der Waals surface area contributed by atoms with Crippen molar-refractivity contribution < 1.29 is 4.74 Å². The Bertz CT molecular complexity index is 762. The number of likely N-dealkylation sites (tertiary alicyclic amines) is 1. The fourth-order valence-electron chi connectivity index (χ4n) is 4.22. The fourth-order valence-corrected chi connectivity index (χ4v) is 4.22. The molecule has 2 aliphatic rings. The molecule has 3 atom stereocenters. The van der Waals surface area contributed by atoms with Crippen molar-refractivity contribution in [2.45, 2.75) is 25.4 Å². The van der Waals surface area contributed by atoms with Crippen molar-refractivity contribution in [2.75, 3.05) is 33.3 Å². The Morgan fingerprint density at radius 3 is 2.61 bits per heavy atom. The summed E-state index contributed by atoms with van der Waals surface area (Å²) in [6.45, 7) is 4.62. The van der Waals surface area contributed by atoms with E-state index in [4.69, 9.17) is 4.74 Å². The smallest absolute Gasteiger partial charge is 0.193 e. The summed E-state index contributed by atoms with van der Waals surface area (Å²) in [6, 6.07) is 21.3. The largest absolute Gasteiger partial charge is 0.376 e. The van der Waals surface area contributed by atoms with Crippen LogP contribution in [-0.4, -0.2) is 44.1 Å². The first-order chi connectivity index (χ1) is 13.8. The summed E-state index contributed by atoms with van der Waals surface area (Å²) in [5.74, 6) is 3.07. The van der Waals surface area contributed by atoms with E-state index >= 15 is 0 Å². The molecule has 1 heterocycles. The number of hydrogen-bond acceptors (Lipinski definition) is 2. The zero-order chi connectivity index (χ0) is 19.2. The van der Waals surface area contributed by atoms with E-state index in [2.05, 4.69) is 69.8 Å². The molecule has 3 unspecified atom stereocenters. The third kappa shape index (κ3) is 4.93. The van der Waals surface area contributed by atoms with Crippen molar-refractivity contribution in [3.8, 4) is 0 Å². The molecule has 0 spiro atoms.